The topological polar surface area (TPSA) is 86.2 Å². The van der Waals surface area contributed by atoms with Crippen LogP contribution in [0.4, 0.5) is 0 Å². The number of amides is 1. The average Bonchev–Trinajstić information content (AvgIpc) is 2.53. The second-order valence-electron chi connectivity index (χ2n) is 5.28. The molecule has 2 aromatic rings. The summed E-state index contributed by atoms with van der Waals surface area (Å²) >= 11 is 0. The summed E-state index contributed by atoms with van der Waals surface area (Å²) < 4.78 is 0. The number of carbonyl (C=O) groups excluding carboxylic acids is 2. The first-order valence-corrected chi connectivity index (χ1v) is 7.28. The molecule has 0 heterocycles. The first kappa shape index (κ1) is 15.9. The zero-order chi connectivity index (χ0) is 15.9. The van der Waals surface area contributed by atoms with Gasteiger partial charge in [-0.3, -0.25) is 9.59 Å². The van der Waals surface area contributed by atoms with Crippen molar-refractivity contribution in [3.8, 4) is 0 Å². The van der Waals surface area contributed by atoms with Crippen LogP contribution in [0.3, 0.4) is 0 Å². The Morgan fingerprint density at radius 1 is 0.955 bits per heavy atom. The van der Waals surface area contributed by atoms with Crippen LogP contribution in [0.25, 0.3) is 0 Å². The van der Waals surface area contributed by atoms with Gasteiger partial charge in [0.15, 0.2) is 5.78 Å². The van der Waals surface area contributed by atoms with Gasteiger partial charge in [-0.1, -0.05) is 54.6 Å². The summed E-state index contributed by atoms with van der Waals surface area (Å²) in [5, 5.41) is 0. The van der Waals surface area contributed by atoms with E-state index in [0.29, 0.717) is 18.4 Å². The molecule has 0 aliphatic heterocycles. The summed E-state index contributed by atoms with van der Waals surface area (Å²) in [6.45, 7) is 0. The predicted octanol–water partition coefficient (Wildman–Crippen LogP) is 1.86. The van der Waals surface area contributed by atoms with Crippen LogP contribution in [-0.2, 0) is 17.6 Å². The number of carbonyl (C=O) groups is 2. The molecule has 0 radical (unpaired) electrons. The monoisotopic (exact) mass is 296 g/mol. The summed E-state index contributed by atoms with van der Waals surface area (Å²) in [4.78, 5) is 23.5. The summed E-state index contributed by atoms with van der Waals surface area (Å²) in [6.07, 6.45) is 1.16. The highest BCUT2D eigenvalue weighted by Gasteiger charge is 2.19. The molecule has 0 saturated heterocycles. The van der Waals surface area contributed by atoms with E-state index in [9.17, 15) is 9.59 Å². The number of aryl methyl sites for hydroxylation is 1. The number of primary amides is 1. The second-order valence-corrected chi connectivity index (χ2v) is 5.28. The van der Waals surface area contributed by atoms with Crippen molar-refractivity contribution >= 4 is 11.7 Å². The summed E-state index contributed by atoms with van der Waals surface area (Å²) in [5.41, 5.74) is 13.7. The van der Waals surface area contributed by atoms with Crippen molar-refractivity contribution in [3.63, 3.8) is 0 Å². The third-order valence-electron chi connectivity index (χ3n) is 3.56. The third-order valence-corrected chi connectivity index (χ3v) is 3.56. The SMILES string of the molecule is NC(=O)CCc1ccccc1C(=O)C(N)Cc1ccccc1. The van der Waals surface area contributed by atoms with Gasteiger partial charge in [0.05, 0.1) is 6.04 Å². The number of nitrogens with two attached hydrogens (primary N) is 2. The molecule has 0 aliphatic carbocycles. The second kappa shape index (κ2) is 7.52. The Morgan fingerprint density at radius 2 is 1.59 bits per heavy atom. The van der Waals surface area contributed by atoms with Crippen molar-refractivity contribution in [1.82, 2.24) is 0 Å². The van der Waals surface area contributed by atoms with Gasteiger partial charge < -0.3 is 11.5 Å². The molecule has 2 rings (SSSR count). The van der Waals surface area contributed by atoms with Crippen LogP contribution in [0.1, 0.15) is 27.9 Å². The Morgan fingerprint density at radius 3 is 2.27 bits per heavy atom. The molecule has 4 nitrogen and oxygen atoms in total. The van der Waals surface area contributed by atoms with E-state index in [1.165, 1.54) is 0 Å². The van der Waals surface area contributed by atoms with Crippen molar-refractivity contribution in [1.29, 1.82) is 0 Å². The van der Waals surface area contributed by atoms with Gasteiger partial charge in [0.25, 0.3) is 0 Å². The zero-order valence-electron chi connectivity index (χ0n) is 12.4. The van der Waals surface area contributed by atoms with Gasteiger partial charge in [-0.05, 0) is 24.0 Å². The van der Waals surface area contributed by atoms with Gasteiger partial charge in [0.2, 0.25) is 5.91 Å². The molecule has 2 aromatic carbocycles. The molecule has 1 atom stereocenters. The van der Waals surface area contributed by atoms with Crippen LogP contribution in [0, 0.1) is 0 Å². The lowest BCUT2D eigenvalue weighted by Crippen LogP contribution is -2.33. The molecule has 0 spiro atoms. The minimum atomic E-state index is -0.600. The van der Waals surface area contributed by atoms with E-state index >= 15 is 0 Å². The minimum absolute atomic E-state index is 0.107. The fourth-order valence-electron chi connectivity index (χ4n) is 2.40. The smallest absolute Gasteiger partial charge is 0.217 e. The molecule has 0 bridgehead atoms. The lowest BCUT2D eigenvalue weighted by Gasteiger charge is -2.14. The number of hydrogen-bond donors (Lipinski definition) is 2. The molecule has 1 unspecified atom stereocenters. The lowest BCUT2D eigenvalue weighted by atomic mass is 9.93. The molecule has 0 aromatic heterocycles. The fourth-order valence-corrected chi connectivity index (χ4v) is 2.40. The number of Topliss-reactive ketones (excluding diaryl/α,β-unsaturated/α-hetero) is 1. The van der Waals surface area contributed by atoms with Crippen LogP contribution in [0.15, 0.2) is 54.6 Å². The molecule has 114 valence electrons. The Bertz CT molecular complexity index is 653. The van der Waals surface area contributed by atoms with Crippen LogP contribution >= 0.6 is 0 Å². The predicted molar refractivity (Wildman–Crippen MR) is 86.4 cm³/mol. The summed E-state index contributed by atoms with van der Waals surface area (Å²) in [7, 11) is 0. The van der Waals surface area contributed by atoms with Gasteiger partial charge in [0.1, 0.15) is 0 Å². The lowest BCUT2D eigenvalue weighted by molar-refractivity contribution is -0.117. The highest BCUT2D eigenvalue weighted by molar-refractivity contribution is 6.01. The van der Waals surface area contributed by atoms with Crippen LogP contribution < -0.4 is 11.5 Å². The standard InChI is InChI=1S/C18H20N2O2/c19-16(12-13-6-2-1-3-7-13)18(22)15-9-5-4-8-14(15)10-11-17(20)21/h1-9,16H,10-12,19H2,(H2,20,21). The number of rotatable bonds is 7. The highest BCUT2D eigenvalue weighted by atomic mass is 16.1. The first-order chi connectivity index (χ1) is 10.6. The minimum Gasteiger partial charge on any atom is -0.370 e. The van der Waals surface area contributed by atoms with Crippen molar-refractivity contribution in [3.05, 3.63) is 71.3 Å². The Kier molecular flexibility index (Phi) is 5.44. The molecule has 4 N–H and O–H groups in total. The Hall–Kier alpha value is -2.46. The van der Waals surface area contributed by atoms with Crippen molar-refractivity contribution in [2.45, 2.75) is 25.3 Å². The largest absolute Gasteiger partial charge is 0.370 e. The van der Waals surface area contributed by atoms with Gasteiger partial charge in [-0.25, -0.2) is 0 Å². The molecule has 22 heavy (non-hydrogen) atoms. The quantitative estimate of drug-likeness (QED) is 0.765. The fraction of sp³-hybridized carbons (Fsp3) is 0.222. The summed E-state index contributed by atoms with van der Waals surface area (Å²) in [5.74, 6) is -0.486. The van der Waals surface area contributed by atoms with E-state index < -0.39 is 6.04 Å². The average molecular weight is 296 g/mol. The normalized spacial score (nSPS) is 11.9. The van der Waals surface area contributed by atoms with Crippen molar-refractivity contribution in [2.24, 2.45) is 11.5 Å². The van der Waals surface area contributed by atoms with E-state index in [1.807, 2.05) is 42.5 Å². The maximum atomic E-state index is 12.6. The van der Waals surface area contributed by atoms with Gasteiger partial charge >= 0.3 is 0 Å². The molecule has 0 fully saturated rings. The number of hydrogen-bond acceptors (Lipinski definition) is 3. The molecule has 1 amide bonds. The van der Waals surface area contributed by atoms with Crippen LogP contribution in [0.2, 0.25) is 0 Å². The first-order valence-electron chi connectivity index (χ1n) is 7.28. The van der Waals surface area contributed by atoms with Crippen LogP contribution in [-0.4, -0.2) is 17.7 Å². The summed E-state index contributed by atoms with van der Waals surface area (Å²) in [6, 6.07) is 16.3. The van der Waals surface area contributed by atoms with E-state index in [2.05, 4.69) is 0 Å². The third kappa shape index (κ3) is 4.27. The van der Waals surface area contributed by atoms with E-state index in [0.717, 1.165) is 11.1 Å². The van der Waals surface area contributed by atoms with Gasteiger partial charge in [-0.15, -0.1) is 0 Å². The molecule has 0 saturated carbocycles. The number of benzene rings is 2. The number of ketones is 1. The highest BCUT2D eigenvalue weighted by Crippen LogP contribution is 2.15. The molecular formula is C18H20N2O2. The van der Waals surface area contributed by atoms with Gasteiger partial charge in [-0.2, -0.15) is 0 Å². The molecule has 0 aliphatic rings. The molecular weight excluding hydrogens is 276 g/mol. The maximum Gasteiger partial charge on any atom is 0.217 e. The maximum absolute atomic E-state index is 12.6. The Balaban J connectivity index is 2.13. The van der Waals surface area contributed by atoms with E-state index in [-0.39, 0.29) is 18.1 Å². The van der Waals surface area contributed by atoms with Crippen LogP contribution in [0.5, 0.6) is 0 Å². The van der Waals surface area contributed by atoms with E-state index in [4.69, 9.17) is 11.5 Å². The van der Waals surface area contributed by atoms with Crippen molar-refractivity contribution in [2.75, 3.05) is 0 Å². The van der Waals surface area contributed by atoms with Gasteiger partial charge in [0, 0.05) is 12.0 Å². The van der Waals surface area contributed by atoms with E-state index in [1.54, 1.807) is 12.1 Å². The molecule has 4 heteroatoms. The Labute approximate surface area is 130 Å². The van der Waals surface area contributed by atoms with Crippen molar-refractivity contribution < 1.29 is 9.59 Å². The zero-order valence-corrected chi connectivity index (χ0v) is 12.4.